The molecule has 2 rings (SSSR count). The van der Waals surface area contributed by atoms with Gasteiger partial charge in [0.25, 0.3) is 0 Å². The van der Waals surface area contributed by atoms with E-state index in [4.69, 9.17) is 0 Å². The Labute approximate surface area is 103 Å². The number of rotatable bonds is 4. The summed E-state index contributed by atoms with van der Waals surface area (Å²) in [5.41, 5.74) is 0. The highest BCUT2D eigenvalue weighted by atomic mass is 16.2. The van der Waals surface area contributed by atoms with Gasteiger partial charge in [0.05, 0.1) is 0 Å². The van der Waals surface area contributed by atoms with Crippen LogP contribution in [0.1, 0.15) is 33.1 Å². The van der Waals surface area contributed by atoms with Gasteiger partial charge in [-0.3, -0.25) is 9.59 Å². The molecule has 2 saturated carbocycles. The first kappa shape index (κ1) is 12.4. The van der Waals surface area contributed by atoms with E-state index in [1.165, 1.54) is 19.3 Å². The van der Waals surface area contributed by atoms with Gasteiger partial charge in [0.15, 0.2) is 0 Å². The Morgan fingerprint density at radius 3 is 1.76 bits per heavy atom. The summed E-state index contributed by atoms with van der Waals surface area (Å²) in [5.74, 6) is 2.88. The number of fused-ring (bicyclic) bond motifs is 2. The highest BCUT2D eigenvalue weighted by molar-refractivity contribution is 5.73. The first-order valence-corrected chi connectivity index (χ1v) is 6.55. The molecule has 0 aromatic carbocycles. The van der Waals surface area contributed by atoms with Crippen LogP contribution in [0.3, 0.4) is 0 Å². The van der Waals surface area contributed by atoms with Crippen molar-refractivity contribution >= 4 is 11.8 Å². The molecule has 0 spiro atoms. The van der Waals surface area contributed by atoms with E-state index in [0.29, 0.717) is 17.8 Å². The van der Waals surface area contributed by atoms with E-state index >= 15 is 0 Å². The number of carbonyl (C=O) groups is 2. The van der Waals surface area contributed by atoms with Gasteiger partial charge in [0, 0.05) is 26.9 Å². The fraction of sp³-hybridized carbons (Fsp3) is 0.846. The van der Waals surface area contributed by atoms with Crippen molar-refractivity contribution in [1.82, 2.24) is 10.6 Å². The number of hydrogen-bond donors (Lipinski definition) is 2. The van der Waals surface area contributed by atoms with E-state index in [1.54, 1.807) is 13.8 Å². The van der Waals surface area contributed by atoms with Gasteiger partial charge in [-0.15, -0.1) is 0 Å². The molecule has 2 aliphatic carbocycles. The van der Waals surface area contributed by atoms with Gasteiger partial charge in [-0.2, -0.15) is 0 Å². The van der Waals surface area contributed by atoms with Crippen molar-refractivity contribution in [3.63, 3.8) is 0 Å². The zero-order valence-electron chi connectivity index (χ0n) is 10.7. The van der Waals surface area contributed by atoms with Crippen LogP contribution in [-0.4, -0.2) is 24.9 Å². The van der Waals surface area contributed by atoms with E-state index in [9.17, 15) is 9.59 Å². The second-order valence-corrected chi connectivity index (χ2v) is 5.63. The molecule has 17 heavy (non-hydrogen) atoms. The monoisotopic (exact) mass is 238 g/mol. The molecule has 2 fully saturated rings. The predicted molar refractivity (Wildman–Crippen MR) is 65.2 cm³/mol. The molecule has 2 N–H and O–H groups in total. The predicted octanol–water partition coefficient (Wildman–Crippen LogP) is 0.921. The molecule has 0 aromatic rings. The van der Waals surface area contributed by atoms with Crippen LogP contribution in [0, 0.1) is 23.7 Å². The van der Waals surface area contributed by atoms with Gasteiger partial charge in [0.1, 0.15) is 0 Å². The van der Waals surface area contributed by atoms with Crippen LogP contribution >= 0.6 is 0 Å². The Hall–Kier alpha value is -1.06. The molecule has 2 bridgehead atoms. The highest BCUT2D eigenvalue weighted by Gasteiger charge is 2.45. The summed E-state index contributed by atoms with van der Waals surface area (Å²) in [6.45, 7) is 4.77. The molecule has 0 aliphatic heterocycles. The van der Waals surface area contributed by atoms with Crippen LogP contribution in [0.4, 0.5) is 0 Å². The van der Waals surface area contributed by atoms with Crippen molar-refractivity contribution in [3.8, 4) is 0 Å². The second-order valence-electron chi connectivity index (χ2n) is 5.63. The molecule has 4 heteroatoms. The van der Waals surface area contributed by atoms with Crippen LogP contribution in [0.25, 0.3) is 0 Å². The molecule has 0 heterocycles. The third kappa shape index (κ3) is 2.99. The summed E-state index contributed by atoms with van der Waals surface area (Å²) < 4.78 is 0. The smallest absolute Gasteiger partial charge is 0.216 e. The summed E-state index contributed by atoms with van der Waals surface area (Å²) in [6.07, 6.45) is 3.79. The molecule has 2 aliphatic rings. The van der Waals surface area contributed by atoms with Gasteiger partial charge in [0.2, 0.25) is 11.8 Å². The largest absolute Gasteiger partial charge is 0.356 e. The first-order chi connectivity index (χ1) is 8.06. The van der Waals surface area contributed by atoms with E-state index < -0.39 is 0 Å². The van der Waals surface area contributed by atoms with Gasteiger partial charge < -0.3 is 10.6 Å². The second kappa shape index (κ2) is 5.07. The number of hydrogen-bond acceptors (Lipinski definition) is 2. The highest BCUT2D eigenvalue weighted by Crippen LogP contribution is 2.51. The summed E-state index contributed by atoms with van der Waals surface area (Å²) in [7, 11) is 0. The maximum absolute atomic E-state index is 10.9. The van der Waals surface area contributed by atoms with Crippen molar-refractivity contribution in [2.24, 2.45) is 23.7 Å². The summed E-state index contributed by atoms with van der Waals surface area (Å²) in [4.78, 5) is 21.9. The van der Waals surface area contributed by atoms with Crippen LogP contribution in [0.15, 0.2) is 0 Å². The van der Waals surface area contributed by atoms with E-state index in [-0.39, 0.29) is 11.8 Å². The van der Waals surface area contributed by atoms with Crippen LogP contribution in [-0.2, 0) is 9.59 Å². The minimum Gasteiger partial charge on any atom is -0.356 e. The molecular formula is C13H22N2O2. The molecule has 2 atom stereocenters. The summed E-state index contributed by atoms with van der Waals surface area (Å²) >= 11 is 0. The van der Waals surface area contributed by atoms with Crippen molar-refractivity contribution < 1.29 is 9.59 Å². The molecule has 2 unspecified atom stereocenters. The van der Waals surface area contributed by atoms with Gasteiger partial charge in [-0.1, -0.05) is 0 Å². The van der Waals surface area contributed by atoms with Crippen LogP contribution in [0.5, 0.6) is 0 Å². The number of amides is 2. The van der Waals surface area contributed by atoms with Crippen molar-refractivity contribution in [2.45, 2.75) is 33.1 Å². The number of nitrogens with one attached hydrogen (secondary N) is 2. The maximum atomic E-state index is 10.9. The standard InChI is InChI=1S/C13H22N2O2/c1-8(16)14-6-11-3-10-4-12(13(11)5-10)7-15-9(2)17/h10-13H,3-7H2,1-2H3,(H,14,16)(H,15,17). The summed E-state index contributed by atoms with van der Waals surface area (Å²) in [5, 5.41) is 5.86. The van der Waals surface area contributed by atoms with Crippen LogP contribution in [0.2, 0.25) is 0 Å². The van der Waals surface area contributed by atoms with E-state index in [2.05, 4.69) is 10.6 Å². The number of carbonyl (C=O) groups excluding carboxylic acids is 2. The SMILES string of the molecule is CC(=O)NCC1CC2CC(CNC(C)=O)C1C2. The molecule has 0 saturated heterocycles. The van der Waals surface area contributed by atoms with Crippen molar-refractivity contribution in [3.05, 3.63) is 0 Å². The minimum absolute atomic E-state index is 0.0613. The van der Waals surface area contributed by atoms with Crippen LogP contribution < -0.4 is 10.6 Å². The average Bonchev–Trinajstić information content (AvgIpc) is 2.82. The van der Waals surface area contributed by atoms with Crippen molar-refractivity contribution in [1.29, 1.82) is 0 Å². The van der Waals surface area contributed by atoms with Gasteiger partial charge in [-0.05, 0) is 42.9 Å². The van der Waals surface area contributed by atoms with Gasteiger partial charge >= 0.3 is 0 Å². The lowest BCUT2D eigenvalue weighted by Gasteiger charge is -2.29. The molecule has 4 nitrogen and oxygen atoms in total. The Balaban J connectivity index is 1.82. The normalized spacial score (nSPS) is 34.7. The minimum atomic E-state index is 0.0613. The lowest BCUT2D eigenvalue weighted by molar-refractivity contribution is -0.119. The summed E-state index contributed by atoms with van der Waals surface area (Å²) in [6, 6.07) is 0. The molecule has 96 valence electrons. The Bertz CT molecular complexity index is 289. The zero-order valence-corrected chi connectivity index (χ0v) is 10.7. The molecular weight excluding hydrogens is 216 g/mol. The lowest BCUT2D eigenvalue weighted by atomic mass is 9.80. The fourth-order valence-electron chi connectivity index (χ4n) is 3.67. The third-order valence-electron chi connectivity index (χ3n) is 4.32. The molecule has 0 aromatic heterocycles. The third-order valence-corrected chi connectivity index (χ3v) is 4.32. The fourth-order valence-corrected chi connectivity index (χ4v) is 3.67. The quantitative estimate of drug-likeness (QED) is 0.765. The average molecular weight is 238 g/mol. The Morgan fingerprint density at radius 1 is 0.941 bits per heavy atom. The van der Waals surface area contributed by atoms with E-state index in [0.717, 1.165) is 19.0 Å². The van der Waals surface area contributed by atoms with Gasteiger partial charge in [-0.25, -0.2) is 0 Å². The molecule has 0 radical (unpaired) electrons. The first-order valence-electron chi connectivity index (χ1n) is 6.55. The topological polar surface area (TPSA) is 58.2 Å². The Kier molecular flexibility index (Phi) is 3.69. The maximum Gasteiger partial charge on any atom is 0.216 e. The van der Waals surface area contributed by atoms with E-state index in [1.807, 2.05) is 0 Å². The zero-order chi connectivity index (χ0) is 12.4. The molecule has 2 amide bonds. The van der Waals surface area contributed by atoms with Crippen molar-refractivity contribution in [2.75, 3.05) is 13.1 Å². The Morgan fingerprint density at radius 2 is 1.41 bits per heavy atom. The lowest BCUT2D eigenvalue weighted by Crippen LogP contribution is -2.36.